The Hall–Kier alpha value is -1.69. The molecule has 0 spiro atoms. The van der Waals surface area contributed by atoms with Gasteiger partial charge in [-0.05, 0) is 57.9 Å². The highest BCUT2D eigenvalue weighted by Gasteiger charge is 2.47. The first-order valence-electron chi connectivity index (χ1n) is 8.10. The van der Waals surface area contributed by atoms with Gasteiger partial charge in [0.2, 0.25) is 0 Å². The van der Waals surface area contributed by atoms with Crippen LogP contribution in [0.3, 0.4) is 0 Å². The van der Waals surface area contributed by atoms with E-state index in [-0.39, 0.29) is 0 Å². The minimum Gasteiger partial charge on any atom is -0.254 e. The van der Waals surface area contributed by atoms with Crippen LogP contribution in [0.2, 0.25) is 0 Å². The predicted octanol–water partition coefficient (Wildman–Crippen LogP) is 6.62. The summed E-state index contributed by atoms with van der Waals surface area (Å²) in [5, 5.41) is 3.90. The average molecular weight is 507 g/mol. The van der Waals surface area contributed by atoms with Gasteiger partial charge in [-0.25, -0.2) is 0 Å². The van der Waals surface area contributed by atoms with Crippen molar-refractivity contribution in [2.24, 2.45) is 0 Å². The molecule has 0 atom stereocenters. The van der Waals surface area contributed by atoms with Crippen LogP contribution < -0.4 is 9.05 Å². The summed E-state index contributed by atoms with van der Waals surface area (Å²) in [6, 6.07) is 19.2. The van der Waals surface area contributed by atoms with Crippen LogP contribution in [0, 0.1) is 0 Å². The Balaban J connectivity index is 1.98. The Bertz CT molecular complexity index is 1140. The SMILES string of the molecule is O[P+]1(O)Oc2ccc3cc(Br)ccc3c2-c2c(ccc3cc(Br)ccc23)O1. The monoisotopic (exact) mass is 505 g/mol. The standard InChI is InChI=1S/C20H12Br2O4P/c21-13-3-5-15-11(9-13)1-7-17-19(15)20-16-6-4-14(22)10-12(16)2-8-18(20)26-27(23,24)25-17/h1-10,23-24H/q+1. The van der Waals surface area contributed by atoms with Gasteiger partial charge in [-0.15, -0.1) is 0 Å². The molecule has 5 rings (SSSR count). The lowest BCUT2D eigenvalue weighted by atomic mass is 9.92. The van der Waals surface area contributed by atoms with Gasteiger partial charge in [-0.3, -0.25) is 9.05 Å². The van der Waals surface area contributed by atoms with Crippen LogP contribution in [0.25, 0.3) is 32.7 Å². The van der Waals surface area contributed by atoms with Crippen LogP contribution >= 0.6 is 40.0 Å². The van der Waals surface area contributed by atoms with E-state index < -0.39 is 8.17 Å². The summed E-state index contributed by atoms with van der Waals surface area (Å²) in [6.07, 6.45) is 0. The molecule has 0 saturated heterocycles. The van der Waals surface area contributed by atoms with Crippen molar-refractivity contribution >= 4 is 61.6 Å². The summed E-state index contributed by atoms with van der Waals surface area (Å²) in [7, 11) is -4.04. The van der Waals surface area contributed by atoms with Crippen molar-refractivity contribution in [3.63, 3.8) is 0 Å². The van der Waals surface area contributed by atoms with Crippen molar-refractivity contribution in [1.29, 1.82) is 0 Å². The Labute approximate surface area is 172 Å². The highest BCUT2D eigenvalue weighted by molar-refractivity contribution is 9.10. The molecule has 1 aliphatic heterocycles. The Kier molecular flexibility index (Phi) is 3.97. The third-order valence-electron chi connectivity index (χ3n) is 4.57. The van der Waals surface area contributed by atoms with Crippen molar-refractivity contribution < 1.29 is 18.8 Å². The zero-order chi connectivity index (χ0) is 18.8. The van der Waals surface area contributed by atoms with Crippen LogP contribution in [0.15, 0.2) is 69.6 Å². The number of hydrogen-bond acceptors (Lipinski definition) is 4. The minimum atomic E-state index is -4.04. The first-order valence-corrected chi connectivity index (χ1v) is 11.2. The fourth-order valence-electron chi connectivity index (χ4n) is 3.50. The molecule has 0 fully saturated rings. The number of benzene rings is 4. The van der Waals surface area contributed by atoms with Crippen LogP contribution in [0.5, 0.6) is 11.5 Å². The molecule has 2 N–H and O–H groups in total. The number of fused-ring (bicyclic) bond motifs is 7. The van der Waals surface area contributed by atoms with E-state index in [1.54, 1.807) is 12.1 Å². The van der Waals surface area contributed by atoms with Gasteiger partial charge >= 0.3 is 8.17 Å². The molecule has 0 saturated carbocycles. The second-order valence-corrected chi connectivity index (χ2v) is 9.46. The van der Waals surface area contributed by atoms with Gasteiger partial charge in [0.05, 0.1) is 0 Å². The van der Waals surface area contributed by atoms with Crippen molar-refractivity contribution in [1.82, 2.24) is 0 Å². The lowest BCUT2D eigenvalue weighted by Gasteiger charge is -2.12. The Morgan fingerprint density at radius 1 is 0.630 bits per heavy atom. The van der Waals surface area contributed by atoms with Crippen molar-refractivity contribution in [2.45, 2.75) is 0 Å². The molecular weight excluding hydrogens is 495 g/mol. The summed E-state index contributed by atoms with van der Waals surface area (Å²) in [6.45, 7) is 0. The third kappa shape index (κ3) is 2.93. The van der Waals surface area contributed by atoms with Gasteiger partial charge in [0.25, 0.3) is 0 Å². The van der Waals surface area contributed by atoms with Crippen molar-refractivity contribution in [2.75, 3.05) is 0 Å². The van der Waals surface area contributed by atoms with Crippen LogP contribution in [-0.2, 0) is 0 Å². The first-order chi connectivity index (χ1) is 12.9. The van der Waals surface area contributed by atoms with Gasteiger partial charge < -0.3 is 0 Å². The molecule has 0 bridgehead atoms. The third-order valence-corrected chi connectivity index (χ3v) is 6.43. The van der Waals surface area contributed by atoms with E-state index in [1.165, 1.54) is 0 Å². The van der Waals surface area contributed by atoms with Crippen LogP contribution in [-0.4, -0.2) is 9.79 Å². The molecule has 134 valence electrons. The van der Waals surface area contributed by atoms with Gasteiger partial charge in [-0.1, -0.05) is 56.1 Å². The molecule has 4 nitrogen and oxygen atoms in total. The molecule has 0 radical (unpaired) electrons. The molecule has 27 heavy (non-hydrogen) atoms. The summed E-state index contributed by atoms with van der Waals surface area (Å²) in [4.78, 5) is 20.6. The summed E-state index contributed by atoms with van der Waals surface area (Å²) < 4.78 is 13.0. The zero-order valence-electron chi connectivity index (χ0n) is 13.7. The van der Waals surface area contributed by atoms with E-state index in [4.69, 9.17) is 9.05 Å². The quantitative estimate of drug-likeness (QED) is 0.263. The van der Waals surface area contributed by atoms with E-state index in [9.17, 15) is 9.79 Å². The molecular formula is C20H12Br2O4P+. The van der Waals surface area contributed by atoms with Crippen LogP contribution in [0.1, 0.15) is 0 Å². The number of halogens is 2. The second kappa shape index (κ2) is 6.16. The fourth-order valence-corrected chi connectivity index (χ4v) is 5.12. The molecule has 0 aliphatic carbocycles. The minimum absolute atomic E-state index is 0.386. The van der Waals surface area contributed by atoms with E-state index in [0.717, 1.165) is 41.6 Å². The van der Waals surface area contributed by atoms with Gasteiger partial charge in [-0.2, -0.15) is 9.79 Å². The molecule has 4 aromatic rings. The summed E-state index contributed by atoms with van der Waals surface area (Å²) in [5.41, 5.74) is 1.57. The van der Waals surface area contributed by atoms with E-state index in [2.05, 4.69) is 31.9 Å². The summed E-state index contributed by atoms with van der Waals surface area (Å²) in [5.74, 6) is 0.773. The van der Waals surface area contributed by atoms with Gasteiger partial charge in [0.15, 0.2) is 11.5 Å². The smallest absolute Gasteiger partial charge is 0.254 e. The highest BCUT2D eigenvalue weighted by Crippen LogP contribution is 2.60. The highest BCUT2D eigenvalue weighted by atomic mass is 79.9. The van der Waals surface area contributed by atoms with E-state index in [0.29, 0.717) is 11.5 Å². The molecule has 1 heterocycles. The van der Waals surface area contributed by atoms with Gasteiger partial charge in [0.1, 0.15) is 0 Å². The Morgan fingerprint density at radius 2 is 1.07 bits per heavy atom. The zero-order valence-corrected chi connectivity index (χ0v) is 17.8. The maximum Gasteiger partial charge on any atom is 0.663 e. The van der Waals surface area contributed by atoms with Crippen molar-refractivity contribution in [3.8, 4) is 22.6 Å². The first kappa shape index (κ1) is 17.4. The maximum absolute atomic E-state index is 10.3. The van der Waals surface area contributed by atoms with E-state index in [1.807, 2.05) is 48.5 Å². The second-order valence-electron chi connectivity index (χ2n) is 6.28. The Morgan fingerprint density at radius 3 is 1.52 bits per heavy atom. The van der Waals surface area contributed by atoms with E-state index >= 15 is 0 Å². The van der Waals surface area contributed by atoms with Crippen molar-refractivity contribution in [3.05, 3.63) is 69.6 Å². The molecule has 7 heteroatoms. The van der Waals surface area contributed by atoms with Crippen LogP contribution in [0.4, 0.5) is 0 Å². The predicted molar refractivity (Wildman–Crippen MR) is 115 cm³/mol. The topological polar surface area (TPSA) is 58.9 Å². The summed E-state index contributed by atoms with van der Waals surface area (Å²) >= 11 is 7.01. The molecule has 4 aromatic carbocycles. The number of rotatable bonds is 0. The van der Waals surface area contributed by atoms with Gasteiger partial charge in [0, 0.05) is 20.1 Å². The molecule has 0 aromatic heterocycles. The number of hydrogen-bond donors (Lipinski definition) is 2. The largest absolute Gasteiger partial charge is 0.663 e. The average Bonchev–Trinajstić information content (AvgIpc) is 2.73. The fraction of sp³-hybridized carbons (Fsp3) is 0. The normalized spacial score (nSPS) is 14.8. The molecule has 0 amide bonds. The lowest BCUT2D eigenvalue weighted by molar-refractivity contribution is 0.250. The lowest BCUT2D eigenvalue weighted by Crippen LogP contribution is -2.05. The maximum atomic E-state index is 10.3. The molecule has 1 aliphatic rings. The molecule has 0 unspecified atom stereocenters.